The van der Waals surface area contributed by atoms with Crippen molar-refractivity contribution in [1.29, 1.82) is 0 Å². The van der Waals surface area contributed by atoms with Crippen molar-refractivity contribution in [1.82, 2.24) is 19.4 Å². The zero-order chi connectivity index (χ0) is 32.3. The molecule has 2 unspecified atom stereocenters. The van der Waals surface area contributed by atoms with Gasteiger partial charge in [-0.1, -0.05) is 56.3 Å². The molecule has 2 amide bonds. The Bertz CT molecular complexity index is 2160. The predicted octanol–water partition coefficient (Wildman–Crippen LogP) is 4.37. The van der Waals surface area contributed by atoms with Gasteiger partial charge in [0.15, 0.2) is 0 Å². The molecule has 2 aliphatic rings. The third-order valence-electron chi connectivity index (χ3n) is 8.55. The highest BCUT2D eigenvalue weighted by Gasteiger charge is 2.47. The first kappa shape index (κ1) is 29.1. The molecule has 0 radical (unpaired) electrons. The maximum Gasteiger partial charge on any atom is 0.342 e. The Balaban J connectivity index is 1.54. The highest BCUT2D eigenvalue weighted by Crippen LogP contribution is 2.45. The molecule has 2 atom stereocenters. The van der Waals surface area contributed by atoms with Crippen LogP contribution >= 0.6 is 0 Å². The van der Waals surface area contributed by atoms with Gasteiger partial charge in [0, 0.05) is 17.4 Å². The molecule has 0 bridgehead atoms. The smallest absolute Gasteiger partial charge is 0.338 e. The molecule has 4 heterocycles. The van der Waals surface area contributed by atoms with E-state index in [0.29, 0.717) is 39.5 Å². The van der Waals surface area contributed by atoms with Gasteiger partial charge in [-0.3, -0.25) is 33.2 Å². The number of anilines is 1. The first-order chi connectivity index (χ1) is 22.2. The quantitative estimate of drug-likeness (QED) is 0.210. The van der Waals surface area contributed by atoms with E-state index in [1.165, 1.54) is 14.0 Å². The van der Waals surface area contributed by atoms with Gasteiger partial charge in [-0.15, -0.1) is 0 Å². The molecular formula is C34H29N5O7. The summed E-state index contributed by atoms with van der Waals surface area (Å²) in [6.45, 7) is 3.87. The molecule has 46 heavy (non-hydrogen) atoms. The first-order valence-electron chi connectivity index (χ1n) is 15.0. The van der Waals surface area contributed by atoms with Gasteiger partial charge in [-0.05, 0) is 42.7 Å². The van der Waals surface area contributed by atoms with Crippen molar-refractivity contribution in [3.05, 3.63) is 100 Å². The Labute approximate surface area is 261 Å². The van der Waals surface area contributed by atoms with Gasteiger partial charge in [-0.2, -0.15) is 5.26 Å². The van der Waals surface area contributed by atoms with Crippen molar-refractivity contribution in [2.24, 2.45) is 5.92 Å². The van der Waals surface area contributed by atoms with E-state index < -0.39 is 36.3 Å². The standard InChI is InChI=1S/C34H29N5O7/c1-18(2)17-25-34(44)39-23-13-7-4-10-20(23)28(32(39)37(25)26(40)15-16-27(41)46-45)29-30-35-22-12-6-3-9-19(22)33(43)38(30)24-14-8-5-11-21(24)31(42)36-29/h3-14,18,25,29,45H,15-17H2,1-2H3,(H,36,42). The number of hydrogen-bond acceptors (Lipinski definition) is 8. The fourth-order valence-corrected chi connectivity index (χ4v) is 6.64. The van der Waals surface area contributed by atoms with E-state index in [1.54, 1.807) is 72.8 Å². The number of nitrogens with zero attached hydrogens (tertiary/aromatic N) is 4. The summed E-state index contributed by atoms with van der Waals surface area (Å²) in [4.78, 5) is 78.2. The van der Waals surface area contributed by atoms with Crippen molar-refractivity contribution >= 4 is 51.3 Å². The average Bonchev–Trinajstić information content (AvgIpc) is 3.48. The summed E-state index contributed by atoms with van der Waals surface area (Å²) in [5, 5.41) is 12.8. The second-order valence-corrected chi connectivity index (χ2v) is 11.9. The van der Waals surface area contributed by atoms with Crippen molar-refractivity contribution in [3.8, 4) is 5.69 Å². The van der Waals surface area contributed by atoms with Gasteiger partial charge >= 0.3 is 5.97 Å². The molecule has 232 valence electrons. The summed E-state index contributed by atoms with van der Waals surface area (Å²) in [7, 11) is 0. The molecule has 2 N–H and O–H groups in total. The largest absolute Gasteiger partial charge is 0.342 e. The van der Waals surface area contributed by atoms with E-state index in [0.717, 1.165) is 0 Å². The van der Waals surface area contributed by atoms with Crippen LogP contribution in [0, 0.1) is 5.92 Å². The molecule has 3 aromatic carbocycles. The Hall–Kier alpha value is -5.62. The molecule has 0 aliphatic carbocycles. The second kappa shape index (κ2) is 11.1. The van der Waals surface area contributed by atoms with Gasteiger partial charge in [0.2, 0.25) is 5.91 Å². The van der Waals surface area contributed by atoms with Crippen LogP contribution in [0.2, 0.25) is 0 Å². The number of fused-ring (bicyclic) bond motifs is 7. The molecule has 12 nitrogen and oxygen atoms in total. The van der Waals surface area contributed by atoms with Crippen molar-refractivity contribution in [2.75, 3.05) is 4.90 Å². The fraction of sp³-hybridized carbons (Fsp3) is 0.235. The summed E-state index contributed by atoms with van der Waals surface area (Å²) in [6, 6.07) is 18.8. The zero-order valence-electron chi connectivity index (χ0n) is 25.0. The molecule has 0 fully saturated rings. The fourth-order valence-electron chi connectivity index (χ4n) is 6.64. The lowest BCUT2D eigenvalue weighted by Gasteiger charge is -2.27. The van der Waals surface area contributed by atoms with E-state index in [-0.39, 0.29) is 41.0 Å². The van der Waals surface area contributed by atoms with Gasteiger partial charge < -0.3 is 10.2 Å². The average molecular weight is 620 g/mol. The Morgan fingerprint density at radius 1 is 0.913 bits per heavy atom. The van der Waals surface area contributed by atoms with E-state index in [9.17, 15) is 24.0 Å². The summed E-state index contributed by atoms with van der Waals surface area (Å²) >= 11 is 0. The minimum absolute atomic E-state index is 0.0189. The van der Waals surface area contributed by atoms with Crippen LogP contribution in [0.3, 0.4) is 0 Å². The molecule has 5 aromatic rings. The molecule has 7 rings (SSSR count). The van der Waals surface area contributed by atoms with Crippen molar-refractivity contribution < 1.29 is 29.3 Å². The zero-order valence-corrected chi connectivity index (χ0v) is 25.0. The second-order valence-electron chi connectivity index (χ2n) is 11.9. The van der Waals surface area contributed by atoms with Crippen LogP contribution in [0.5, 0.6) is 0 Å². The minimum atomic E-state index is -1.08. The summed E-state index contributed by atoms with van der Waals surface area (Å²) in [5.41, 5.74) is 1.58. The van der Waals surface area contributed by atoms with E-state index in [4.69, 9.17) is 10.2 Å². The molecular weight excluding hydrogens is 590 g/mol. The maximum absolute atomic E-state index is 14.2. The predicted molar refractivity (Wildman–Crippen MR) is 168 cm³/mol. The molecule has 2 aromatic heterocycles. The number of aromatic nitrogens is 3. The van der Waals surface area contributed by atoms with Crippen LogP contribution in [-0.2, 0) is 14.5 Å². The molecule has 12 heteroatoms. The molecule has 0 saturated carbocycles. The van der Waals surface area contributed by atoms with Crippen LogP contribution in [0.4, 0.5) is 5.82 Å². The highest BCUT2D eigenvalue weighted by atomic mass is 17.1. The Morgan fingerprint density at radius 3 is 2.37 bits per heavy atom. The number of amides is 2. The van der Waals surface area contributed by atoms with Gasteiger partial charge in [0.05, 0.1) is 34.1 Å². The summed E-state index contributed by atoms with van der Waals surface area (Å²) in [5.74, 6) is -1.88. The van der Waals surface area contributed by atoms with E-state index >= 15 is 0 Å². The molecule has 0 saturated heterocycles. The normalized spacial score (nSPS) is 17.1. The monoisotopic (exact) mass is 619 g/mol. The Morgan fingerprint density at radius 2 is 1.61 bits per heavy atom. The number of carbonyl (C=O) groups excluding carboxylic acids is 4. The maximum atomic E-state index is 14.2. The van der Waals surface area contributed by atoms with E-state index in [1.807, 2.05) is 13.8 Å². The highest BCUT2D eigenvalue weighted by molar-refractivity contribution is 6.15. The summed E-state index contributed by atoms with van der Waals surface area (Å²) < 4.78 is 2.90. The number of nitrogens with one attached hydrogen (secondary N) is 1. The van der Waals surface area contributed by atoms with Gasteiger partial charge in [0.1, 0.15) is 23.7 Å². The molecule has 0 spiro atoms. The third-order valence-corrected chi connectivity index (χ3v) is 8.55. The van der Waals surface area contributed by atoms with Gasteiger partial charge in [-0.25, -0.2) is 9.78 Å². The van der Waals surface area contributed by atoms with Gasteiger partial charge in [0.25, 0.3) is 17.4 Å². The summed E-state index contributed by atoms with van der Waals surface area (Å²) in [6.07, 6.45) is -0.430. The lowest BCUT2D eigenvalue weighted by Crippen LogP contribution is -2.42. The lowest BCUT2D eigenvalue weighted by molar-refractivity contribution is -0.234. The van der Waals surface area contributed by atoms with Crippen LogP contribution in [0.1, 0.15) is 65.7 Å². The van der Waals surface area contributed by atoms with Crippen LogP contribution in [0.25, 0.3) is 27.5 Å². The molecule has 2 aliphatic heterocycles. The van der Waals surface area contributed by atoms with E-state index in [2.05, 4.69) is 10.2 Å². The van der Waals surface area contributed by atoms with Crippen molar-refractivity contribution in [2.45, 2.75) is 45.2 Å². The Kier molecular flexibility index (Phi) is 7.01. The van der Waals surface area contributed by atoms with Crippen LogP contribution in [0.15, 0.2) is 77.6 Å². The first-order valence-corrected chi connectivity index (χ1v) is 15.0. The number of benzene rings is 3. The number of carbonyl (C=O) groups is 4. The SMILES string of the molecule is CC(C)CC1C(=O)n2c(c(C3NC(=O)c4ccccc4-n4c3nc3ccccc3c4=O)c3ccccc32)N1C(=O)CCC(=O)OO. The van der Waals surface area contributed by atoms with Crippen LogP contribution in [-0.4, -0.2) is 49.1 Å². The number of hydrogen-bond donors (Lipinski definition) is 2. The third kappa shape index (κ3) is 4.40. The van der Waals surface area contributed by atoms with Crippen molar-refractivity contribution in [3.63, 3.8) is 0 Å². The van der Waals surface area contributed by atoms with Crippen LogP contribution < -0.4 is 15.8 Å². The number of rotatable bonds is 6. The lowest BCUT2D eigenvalue weighted by atomic mass is 9.99. The minimum Gasteiger partial charge on any atom is -0.338 e. The topological polar surface area (TPSA) is 153 Å². The number of para-hydroxylation sites is 3.